The fourth-order valence-electron chi connectivity index (χ4n) is 7.30. The summed E-state index contributed by atoms with van der Waals surface area (Å²) < 4.78 is 17.3. The fraction of sp³-hybridized carbons (Fsp3) is 0.754. The van der Waals surface area contributed by atoms with E-state index in [0.717, 1.165) is 89.9 Å². The van der Waals surface area contributed by atoms with Crippen molar-refractivity contribution in [1.29, 1.82) is 0 Å². The molecule has 1 atom stereocenters. The number of carbonyl (C=O) groups excluding carboxylic acids is 2. The summed E-state index contributed by atoms with van der Waals surface area (Å²) in [6, 6.07) is 0. The highest BCUT2D eigenvalue weighted by molar-refractivity contribution is 5.70. The fourth-order valence-corrected chi connectivity index (χ4v) is 7.30. The molecule has 0 saturated carbocycles. The van der Waals surface area contributed by atoms with E-state index in [1.807, 2.05) is 0 Å². The van der Waals surface area contributed by atoms with Crippen LogP contribution in [0.3, 0.4) is 0 Å². The predicted molar refractivity (Wildman–Crippen MR) is 270 cm³/mol. The number of rotatable bonds is 48. The molecule has 5 nitrogen and oxygen atoms in total. The molecule has 1 unspecified atom stereocenters. The van der Waals surface area contributed by atoms with Crippen molar-refractivity contribution in [3.63, 3.8) is 0 Å². The second-order valence-corrected chi connectivity index (χ2v) is 17.4. The summed E-state index contributed by atoms with van der Waals surface area (Å²) in [5.74, 6) is -0.414. The molecule has 0 aromatic heterocycles. The van der Waals surface area contributed by atoms with Crippen LogP contribution in [0, 0.1) is 0 Å². The van der Waals surface area contributed by atoms with Gasteiger partial charge in [-0.25, -0.2) is 0 Å². The third-order valence-electron chi connectivity index (χ3n) is 11.2. The van der Waals surface area contributed by atoms with Crippen molar-refractivity contribution in [2.75, 3.05) is 19.8 Å². The molecule has 0 heterocycles. The predicted octanol–water partition coefficient (Wildman–Crippen LogP) is 17.9. The highest BCUT2D eigenvalue weighted by Gasteiger charge is 2.17. The van der Waals surface area contributed by atoms with Crippen LogP contribution in [0.5, 0.6) is 0 Å². The lowest BCUT2D eigenvalue weighted by molar-refractivity contribution is -0.163. The smallest absolute Gasteiger partial charge is 0.306 e. The summed E-state index contributed by atoms with van der Waals surface area (Å²) in [5.41, 5.74) is 0. The molecule has 0 aromatic rings. The van der Waals surface area contributed by atoms with Crippen LogP contribution in [0.1, 0.15) is 252 Å². The first kappa shape index (κ1) is 59.3. The molecule has 5 heteroatoms. The lowest BCUT2D eigenvalue weighted by Gasteiger charge is -2.18. The second kappa shape index (κ2) is 52.7. The maximum Gasteiger partial charge on any atom is 0.306 e. The Morgan fingerprint density at radius 1 is 0.371 bits per heavy atom. The molecule has 0 rings (SSSR count). The van der Waals surface area contributed by atoms with Gasteiger partial charge < -0.3 is 14.2 Å². The van der Waals surface area contributed by atoms with Gasteiger partial charge in [0.05, 0.1) is 6.61 Å². The van der Waals surface area contributed by atoms with Crippen LogP contribution in [-0.4, -0.2) is 37.9 Å². The SMILES string of the molecule is CC/C=C\C/C=C\C/C=C\C/C=C\CCCCCCCCC(=O)OCC(COCCCCCCCCCC)OC(=O)CCCCCCCCCCC/C=C\C/C=C\CCCCC. The number of allylic oxidation sites excluding steroid dienone is 12. The molecule has 0 aromatic carbocycles. The minimum absolute atomic E-state index is 0.0755. The quantitative estimate of drug-likeness (QED) is 0.0346. The normalized spacial score (nSPS) is 12.8. The lowest BCUT2D eigenvalue weighted by atomic mass is 10.1. The molecule has 0 spiro atoms. The number of hydrogen-bond acceptors (Lipinski definition) is 5. The van der Waals surface area contributed by atoms with E-state index in [9.17, 15) is 9.59 Å². The molecular weight excluding hydrogens is 765 g/mol. The topological polar surface area (TPSA) is 61.8 Å². The van der Waals surface area contributed by atoms with Gasteiger partial charge in [-0.3, -0.25) is 9.59 Å². The molecule has 0 radical (unpaired) electrons. The van der Waals surface area contributed by atoms with Crippen LogP contribution in [-0.2, 0) is 23.8 Å². The van der Waals surface area contributed by atoms with Crippen molar-refractivity contribution in [2.45, 2.75) is 258 Å². The van der Waals surface area contributed by atoms with E-state index in [1.165, 1.54) is 128 Å². The Kier molecular flexibility index (Phi) is 50.4. The summed E-state index contributed by atoms with van der Waals surface area (Å²) in [6.07, 6.45) is 67.7. The number of hydrogen-bond donors (Lipinski definition) is 0. The van der Waals surface area contributed by atoms with Crippen LogP contribution in [0.4, 0.5) is 0 Å². The van der Waals surface area contributed by atoms with Gasteiger partial charge >= 0.3 is 11.9 Å². The number of unbranched alkanes of at least 4 members (excludes halogenated alkanes) is 25. The van der Waals surface area contributed by atoms with Gasteiger partial charge in [0.1, 0.15) is 6.61 Å². The van der Waals surface area contributed by atoms with Crippen LogP contribution >= 0.6 is 0 Å². The first-order chi connectivity index (χ1) is 30.6. The lowest BCUT2D eigenvalue weighted by Crippen LogP contribution is -2.30. The summed E-state index contributed by atoms with van der Waals surface area (Å²) in [7, 11) is 0. The van der Waals surface area contributed by atoms with Gasteiger partial charge in [0.25, 0.3) is 0 Å². The second-order valence-electron chi connectivity index (χ2n) is 17.4. The van der Waals surface area contributed by atoms with Crippen molar-refractivity contribution >= 4 is 11.9 Å². The molecule has 0 saturated heterocycles. The highest BCUT2D eigenvalue weighted by atomic mass is 16.6. The third kappa shape index (κ3) is 50.0. The van der Waals surface area contributed by atoms with E-state index in [-0.39, 0.29) is 25.2 Å². The van der Waals surface area contributed by atoms with Crippen molar-refractivity contribution in [3.8, 4) is 0 Å². The molecule has 0 aliphatic rings. The Bertz CT molecular complexity index is 1110. The van der Waals surface area contributed by atoms with Gasteiger partial charge in [-0.2, -0.15) is 0 Å². The van der Waals surface area contributed by atoms with E-state index in [1.54, 1.807) is 0 Å². The Hall–Kier alpha value is -2.66. The average molecular weight is 865 g/mol. The molecule has 0 fully saturated rings. The first-order valence-corrected chi connectivity index (χ1v) is 26.5. The largest absolute Gasteiger partial charge is 0.462 e. The first-order valence-electron chi connectivity index (χ1n) is 26.5. The van der Waals surface area contributed by atoms with E-state index >= 15 is 0 Å². The van der Waals surface area contributed by atoms with Crippen LogP contribution in [0.15, 0.2) is 72.9 Å². The maximum absolute atomic E-state index is 12.8. The molecule has 0 bridgehead atoms. The summed E-state index contributed by atoms with van der Waals surface area (Å²) in [4.78, 5) is 25.4. The maximum atomic E-state index is 12.8. The monoisotopic (exact) mass is 865 g/mol. The van der Waals surface area contributed by atoms with Gasteiger partial charge in [0, 0.05) is 19.4 Å². The summed E-state index contributed by atoms with van der Waals surface area (Å²) >= 11 is 0. The van der Waals surface area contributed by atoms with Crippen molar-refractivity contribution < 1.29 is 23.8 Å². The van der Waals surface area contributed by atoms with E-state index < -0.39 is 6.10 Å². The molecule has 0 aliphatic heterocycles. The zero-order chi connectivity index (χ0) is 44.9. The zero-order valence-corrected chi connectivity index (χ0v) is 41.1. The molecule has 0 amide bonds. The molecule has 0 N–H and O–H groups in total. The van der Waals surface area contributed by atoms with Crippen molar-refractivity contribution in [2.24, 2.45) is 0 Å². The summed E-state index contributed by atoms with van der Waals surface area (Å²) in [6.45, 7) is 7.67. The van der Waals surface area contributed by atoms with E-state index in [2.05, 4.69) is 93.7 Å². The highest BCUT2D eigenvalue weighted by Crippen LogP contribution is 2.14. The van der Waals surface area contributed by atoms with Gasteiger partial charge in [-0.05, 0) is 89.9 Å². The Morgan fingerprint density at radius 3 is 1.19 bits per heavy atom. The van der Waals surface area contributed by atoms with E-state index in [0.29, 0.717) is 19.4 Å². The third-order valence-corrected chi connectivity index (χ3v) is 11.2. The summed E-state index contributed by atoms with van der Waals surface area (Å²) in [5, 5.41) is 0. The Labute approximate surface area is 385 Å². The van der Waals surface area contributed by atoms with Crippen molar-refractivity contribution in [1.82, 2.24) is 0 Å². The van der Waals surface area contributed by atoms with Crippen LogP contribution in [0.2, 0.25) is 0 Å². The van der Waals surface area contributed by atoms with Crippen molar-refractivity contribution in [3.05, 3.63) is 72.9 Å². The zero-order valence-electron chi connectivity index (χ0n) is 41.1. The molecular formula is C57H100O5. The minimum atomic E-state index is -0.543. The van der Waals surface area contributed by atoms with Gasteiger partial charge in [-0.15, -0.1) is 0 Å². The number of ether oxygens (including phenoxy) is 3. The standard InChI is InChI=1S/C57H100O5/c1-4-7-10-13-16-19-21-23-25-27-29-31-33-35-37-39-41-44-47-50-56(58)61-54-55(53-60-52-49-46-43-18-15-12-9-6-3)62-57(59)51-48-45-42-40-38-36-34-32-30-28-26-24-22-20-17-14-11-8-5-2/h7,10,16-17,19-20,23-26,29,31,55H,4-6,8-9,11-15,18,21-22,27-28,30,32-54H2,1-3H3/b10-7-,19-16-,20-17-,25-23-,26-24-,31-29-. The number of carbonyl (C=O) groups is 2. The minimum Gasteiger partial charge on any atom is -0.462 e. The number of esters is 2. The molecule has 62 heavy (non-hydrogen) atoms. The Balaban J connectivity index is 4.17. The molecule has 0 aliphatic carbocycles. The van der Waals surface area contributed by atoms with Gasteiger partial charge in [0.15, 0.2) is 6.10 Å². The average Bonchev–Trinajstić information content (AvgIpc) is 3.27. The van der Waals surface area contributed by atoms with E-state index in [4.69, 9.17) is 14.2 Å². The van der Waals surface area contributed by atoms with Gasteiger partial charge in [0.2, 0.25) is 0 Å². The Morgan fingerprint density at radius 2 is 0.726 bits per heavy atom. The van der Waals surface area contributed by atoms with Gasteiger partial charge in [-0.1, -0.05) is 222 Å². The van der Waals surface area contributed by atoms with Crippen LogP contribution < -0.4 is 0 Å². The molecule has 358 valence electrons. The van der Waals surface area contributed by atoms with Crippen LogP contribution in [0.25, 0.3) is 0 Å².